The minimum absolute atomic E-state index is 0.0533. The maximum Gasteiger partial charge on any atom is 0.0652 e. The number of hydrogen-bond donors (Lipinski definition) is 2. The van der Waals surface area contributed by atoms with E-state index in [-0.39, 0.29) is 6.61 Å². The molecule has 0 spiro atoms. The number of benzene rings is 1. The molecule has 0 aliphatic heterocycles. The third-order valence-electron chi connectivity index (χ3n) is 2.96. The highest BCUT2D eigenvalue weighted by atomic mass is 35.5. The smallest absolute Gasteiger partial charge is 0.0652 e. The molecule has 2 atom stereocenters. The molecule has 0 heterocycles. The van der Waals surface area contributed by atoms with Crippen molar-refractivity contribution in [1.82, 2.24) is 5.32 Å². The van der Waals surface area contributed by atoms with Crippen molar-refractivity contribution in [3.8, 4) is 0 Å². The normalized spacial score (nSPS) is 16.8. The molecule has 0 bridgehead atoms. The predicted molar refractivity (Wildman–Crippen MR) is 68.8 cm³/mol. The predicted octanol–water partition coefficient (Wildman–Crippen LogP) is 2.94. The third kappa shape index (κ3) is 3.21. The number of halogens is 1. The molecule has 2 nitrogen and oxygen atoms in total. The zero-order valence-electron chi connectivity index (χ0n) is 10.1. The van der Waals surface area contributed by atoms with Crippen LogP contribution in [0.3, 0.4) is 0 Å². The zero-order chi connectivity index (χ0) is 12.2. The average molecular weight is 242 g/mol. The lowest BCUT2D eigenvalue weighted by Gasteiger charge is -2.32. The number of hydrogen-bond acceptors (Lipinski definition) is 2. The van der Waals surface area contributed by atoms with Crippen molar-refractivity contribution in [1.29, 1.82) is 0 Å². The van der Waals surface area contributed by atoms with Crippen molar-refractivity contribution in [2.75, 3.05) is 6.61 Å². The van der Waals surface area contributed by atoms with Crippen molar-refractivity contribution >= 4 is 11.6 Å². The van der Waals surface area contributed by atoms with E-state index in [1.54, 1.807) is 0 Å². The molecule has 0 aromatic heterocycles. The van der Waals surface area contributed by atoms with Crippen LogP contribution >= 0.6 is 11.6 Å². The van der Waals surface area contributed by atoms with Crippen LogP contribution in [0.1, 0.15) is 32.8 Å². The molecule has 2 N–H and O–H groups in total. The van der Waals surface area contributed by atoms with Crippen LogP contribution < -0.4 is 5.32 Å². The molecule has 2 unspecified atom stereocenters. The Morgan fingerprint density at radius 3 is 2.69 bits per heavy atom. The molecule has 0 saturated heterocycles. The fourth-order valence-corrected chi connectivity index (χ4v) is 1.89. The van der Waals surface area contributed by atoms with Crippen molar-refractivity contribution < 1.29 is 5.11 Å². The fraction of sp³-hybridized carbons (Fsp3) is 0.538. The number of aliphatic hydroxyl groups excluding tert-OH is 1. The van der Waals surface area contributed by atoms with Crippen LogP contribution in [0.4, 0.5) is 0 Å². The highest BCUT2D eigenvalue weighted by Gasteiger charge is 2.26. The molecule has 16 heavy (non-hydrogen) atoms. The largest absolute Gasteiger partial charge is 0.394 e. The minimum Gasteiger partial charge on any atom is -0.394 e. The lowest BCUT2D eigenvalue weighted by molar-refractivity contribution is 0.162. The first-order chi connectivity index (χ1) is 7.51. The molecule has 0 fully saturated rings. The quantitative estimate of drug-likeness (QED) is 0.831. The van der Waals surface area contributed by atoms with E-state index in [0.29, 0.717) is 11.1 Å². The third-order valence-corrected chi connectivity index (χ3v) is 3.19. The summed E-state index contributed by atoms with van der Waals surface area (Å²) >= 11 is 5.97. The Kier molecular flexibility index (Phi) is 4.78. The SMILES string of the molecule is CCC(C)NC(C)(CO)c1cccc(Cl)c1. The van der Waals surface area contributed by atoms with Gasteiger partial charge in [-0.25, -0.2) is 0 Å². The molecular weight excluding hydrogens is 222 g/mol. The Labute approximate surface area is 103 Å². The monoisotopic (exact) mass is 241 g/mol. The van der Waals surface area contributed by atoms with Crippen LogP contribution in [0.2, 0.25) is 5.02 Å². The highest BCUT2D eigenvalue weighted by Crippen LogP contribution is 2.24. The van der Waals surface area contributed by atoms with Gasteiger partial charge in [0.2, 0.25) is 0 Å². The van der Waals surface area contributed by atoms with Gasteiger partial charge >= 0.3 is 0 Å². The number of rotatable bonds is 5. The first-order valence-corrected chi connectivity index (χ1v) is 6.04. The topological polar surface area (TPSA) is 32.3 Å². The second kappa shape index (κ2) is 5.67. The first-order valence-electron chi connectivity index (χ1n) is 5.66. The zero-order valence-corrected chi connectivity index (χ0v) is 10.9. The first kappa shape index (κ1) is 13.5. The Morgan fingerprint density at radius 1 is 1.50 bits per heavy atom. The summed E-state index contributed by atoms with van der Waals surface area (Å²) in [4.78, 5) is 0. The van der Waals surface area contributed by atoms with Gasteiger partial charge in [-0.05, 0) is 38.0 Å². The number of nitrogens with one attached hydrogen (secondary N) is 1. The van der Waals surface area contributed by atoms with Crippen LogP contribution in [0.15, 0.2) is 24.3 Å². The summed E-state index contributed by atoms with van der Waals surface area (Å²) in [7, 11) is 0. The molecule has 90 valence electrons. The van der Waals surface area contributed by atoms with Crippen LogP contribution in [0, 0.1) is 0 Å². The van der Waals surface area contributed by atoms with Crippen LogP contribution in [0.25, 0.3) is 0 Å². The van der Waals surface area contributed by atoms with Gasteiger partial charge in [0.05, 0.1) is 12.1 Å². The van der Waals surface area contributed by atoms with Crippen LogP contribution in [-0.2, 0) is 5.54 Å². The van der Waals surface area contributed by atoms with Gasteiger partial charge in [0, 0.05) is 11.1 Å². The van der Waals surface area contributed by atoms with Crippen molar-refractivity contribution in [3.63, 3.8) is 0 Å². The van der Waals surface area contributed by atoms with Gasteiger partial charge in [0.1, 0.15) is 0 Å². The molecule has 0 saturated carbocycles. The second-order valence-electron chi connectivity index (χ2n) is 4.45. The molecule has 3 heteroatoms. The molecular formula is C13H20ClNO. The summed E-state index contributed by atoms with van der Waals surface area (Å²) in [5, 5.41) is 13.7. The lowest BCUT2D eigenvalue weighted by Crippen LogP contribution is -2.47. The Bertz CT molecular complexity index is 342. The fourth-order valence-electron chi connectivity index (χ4n) is 1.70. The van der Waals surface area contributed by atoms with Crippen molar-refractivity contribution in [2.45, 2.75) is 38.8 Å². The van der Waals surface area contributed by atoms with E-state index in [4.69, 9.17) is 11.6 Å². The van der Waals surface area contributed by atoms with Gasteiger partial charge < -0.3 is 10.4 Å². The molecule has 0 aliphatic rings. The number of aliphatic hydroxyl groups is 1. The average Bonchev–Trinajstić information content (AvgIpc) is 2.28. The molecule has 0 radical (unpaired) electrons. The highest BCUT2D eigenvalue weighted by molar-refractivity contribution is 6.30. The van der Waals surface area contributed by atoms with Gasteiger partial charge in [-0.3, -0.25) is 0 Å². The summed E-state index contributed by atoms with van der Waals surface area (Å²) < 4.78 is 0. The molecule has 1 rings (SSSR count). The summed E-state index contributed by atoms with van der Waals surface area (Å²) in [5.74, 6) is 0. The van der Waals surface area contributed by atoms with E-state index in [1.165, 1.54) is 0 Å². The summed E-state index contributed by atoms with van der Waals surface area (Å²) in [6.45, 7) is 6.27. The summed E-state index contributed by atoms with van der Waals surface area (Å²) in [6, 6.07) is 7.98. The Hall–Kier alpha value is -0.570. The van der Waals surface area contributed by atoms with Gasteiger partial charge in [-0.1, -0.05) is 30.7 Å². The summed E-state index contributed by atoms with van der Waals surface area (Å²) in [5.41, 5.74) is 0.586. The second-order valence-corrected chi connectivity index (χ2v) is 4.89. The van der Waals surface area contributed by atoms with Gasteiger partial charge in [0.25, 0.3) is 0 Å². The van der Waals surface area contributed by atoms with E-state index in [1.807, 2.05) is 31.2 Å². The summed E-state index contributed by atoms with van der Waals surface area (Å²) in [6.07, 6.45) is 1.02. The standard InChI is InChI=1S/C13H20ClNO/c1-4-10(2)15-13(3,9-16)11-6-5-7-12(14)8-11/h5-8,10,15-16H,4,9H2,1-3H3. The maximum atomic E-state index is 9.57. The van der Waals surface area contributed by atoms with E-state index >= 15 is 0 Å². The van der Waals surface area contributed by atoms with E-state index in [0.717, 1.165) is 12.0 Å². The van der Waals surface area contributed by atoms with Crippen molar-refractivity contribution in [2.24, 2.45) is 0 Å². The van der Waals surface area contributed by atoms with Crippen LogP contribution in [-0.4, -0.2) is 17.8 Å². The Morgan fingerprint density at radius 2 is 2.19 bits per heavy atom. The van der Waals surface area contributed by atoms with E-state index < -0.39 is 5.54 Å². The van der Waals surface area contributed by atoms with E-state index in [2.05, 4.69) is 19.2 Å². The van der Waals surface area contributed by atoms with Crippen LogP contribution in [0.5, 0.6) is 0 Å². The lowest BCUT2D eigenvalue weighted by atomic mass is 9.92. The Balaban J connectivity index is 2.95. The van der Waals surface area contributed by atoms with Crippen molar-refractivity contribution in [3.05, 3.63) is 34.9 Å². The van der Waals surface area contributed by atoms with Gasteiger partial charge in [-0.2, -0.15) is 0 Å². The minimum atomic E-state index is -0.430. The van der Waals surface area contributed by atoms with Gasteiger partial charge in [-0.15, -0.1) is 0 Å². The molecule has 0 aliphatic carbocycles. The maximum absolute atomic E-state index is 9.57. The molecule has 1 aromatic carbocycles. The van der Waals surface area contributed by atoms with Gasteiger partial charge in [0.15, 0.2) is 0 Å². The molecule has 0 amide bonds. The molecule has 1 aromatic rings. The van der Waals surface area contributed by atoms with E-state index in [9.17, 15) is 5.11 Å².